The number of nitrogens with one attached hydrogen (secondary N) is 1. The molecule has 0 saturated heterocycles. The molecule has 1 unspecified atom stereocenters. The molecule has 0 heterocycles. The van der Waals surface area contributed by atoms with E-state index in [0.717, 1.165) is 24.9 Å². The summed E-state index contributed by atoms with van der Waals surface area (Å²) in [6.07, 6.45) is 1.72. The Hall–Kier alpha value is -0.970. The lowest BCUT2D eigenvalue weighted by molar-refractivity contribution is 0.0904. The van der Waals surface area contributed by atoms with E-state index in [1.807, 2.05) is 6.07 Å². The quantitative estimate of drug-likeness (QED) is 0.661. The first-order chi connectivity index (χ1) is 8.72. The molecule has 0 spiro atoms. The Kier molecular flexibility index (Phi) is 7.57. The van der Waals surface area contributed by atoms with E-state index in [2.05, 4.69) is 12.2 Å². The summed E-state index contributed by atoms with van der Waals surface area (Å²) in [5, 5.41) is 11.9. The van der Waals surface area contributed by atoms with Crippen molar-refractivity contribution < 1.29 is 14.2 Å². The molecule has 0 aliphatic rings. The highest BCUT2D eigenvalue weighted by Crippen LogP contribution is 2.06. The maximum Gasteiger partial charge on any atom is 0.123 e. The third-order valence-corrected chi connectivity index (χ3v) is 2.62. The highest BCUT2D eigenvalue weighted by Gasteiger charge is 2.03. The van der Waals surface area contributed by atoms with Crippen LogP contribution in [0.3, 0.4) is 0 Å². The fourth-order valence-electron chi connectivity index (χ4n) is 1.78. The largest absolute Gasteiger partial charge is 0.394 e. The van der Waals surface area contributed by atoms with Gasteiger partial charge >= 0.3 is 0 Å². The molecular weight excluding hydrogens is 233 g/mol. The zero-order chi connectivity index (χ0) is 13.2. The molecule has 102 valence electrons. The van der Waals surface area contributed by atoms with Crippen molar-refractivity contribution in [2.24, 2.45) is 0 Å². The van der Waals surface area contributed by atoms with Crippen molar-refractivity contribution in [1.82, 2.24) is 5.32 Å². The number of aliphatic hydroxyl groups is 1. The van der Waals surface area contributed by atoms with Gasteiger partial charge in [-0.3, -0.25) is 0 Å². The molecule has 1 rings (SSSR count). The SMILES string of the molecule is CC(Cc1cccc(F)c1)NCCCOCCO. The molecule has 1 atom stereocenters. The molecule has 0 aromatic heterocycles. The second-order valence-corrected chi connectivity index (χ2v) is 4.38. The lowest BCUT2D eigenvalue weighted by Gasteiger charge is -2.13. The summed E-state index contributed by atoms with van der Waals surface area (Å²) in [5.74, 6) is -0.183. The smallest absolute Gasteiger partial charge is 0.123 e. The average Bonchev–Trinajstić information content (AvgIpc) is 2.33. The highest BCUT2D eigenvalue weighted by molar-refractivity contribution is 5.17. The molecule has 0 aliphatic heterocycles. The second-order valence-electron chi connectivity index (χ2n) is 4.38. The molecule has 1 aromatic rings. The van der Waals surface area contributed by atoms with Gasteiger partial charge in [-0.1, -0.05) is 12.1 Å². The van der Waals surface area contributed by atoms with Gasteiger partial charge in [-0.25, -0.2) is 4.39 Å². The summed E-state index contributed by atoms with van der Waals surface area (Å²) in [6.45, 7) is 4.07. The monoisotopic (exact) mass is 255 g/mol. The lowest BCUT2D eigenvalue weighted by Crippen LogP contribution is -2.29. The first-order valence-electron chi connectivity index (χ1n) is 6.39. The fraction of sp³-hybridized carbons (Fsp3) is 0.571. The molecule has 0 bridgehead atoms. The minimum absolute atomic E-state index is 0.0728. The van der Waals surface area contributed by atoms with Gasteiger partial charge in [-0.15, -0.1) is 0 Å². The number of halogens is 1. The molecule has 3 nitrogen and oxygen atoms in total. The number of ether oxygens (including phenoxy) is 1. The Morgan fingerprint density at radius 1 is 1.39 bits per heavy atom. The Morgan fingerprint density at radius 2 is 2.22 bits per heavy atom. The number of hydrogen-bond donors (Lipinski definition) is 2. The Labute approximate surface area is 108 Å². The minimum atomic E-state index is -0.183. The molecule has 2 N–H and O–H groups in total. The van der Waals surface area contributed by atoms with Crippen molar-refractivity contribution in [3.63, 3.8) is 0 Å². The first kappa shape index (κ1) is 15.1. The van der Waals surface area contributed by atoms with Crippen molar-refractivity contribution in [1.29, 1.82) is 0 Å². The molecule has 0 fully saturated rings. The van der Waals surface area contributed by atoms with Crippen LogP contribution in [0.25, 0.3) is 0 Å². The van der Waals surface area contributed by atoms with Gasteiger partial charge in [0, 0.05) is 12.6 Å². The van der Waals surface area contributed by atoms with Crippen LogP contribution in [0.4, 0.5) is 4.39 Å². The molecule has 0 amide bonds. The van der Waals surface area contributed by atoms with Crippen LogP contribution in [0.2, 0.25) is 0 Å². The van der Waals surface area contributed by atoms with Crippen LogP contribution in [-0.4, -0.2) is 37.5 Å². The van der Waals surface area contributed by atoms with E-state index in [1.54, 1.807) is 12.1 Å². The van der Waals surface area contributed by atoms with Gasteiger partial charge in [0.05, 0.1) is 13.2 Å². The lowest BCUT2D eigenvalue weighted by atomic mass is 10.1. The Balaban J connectivity index is 2.12. The molecule has 0 radical (unpaired) electrons. The number of rotatable bonds is 9. The third kappa shape index (κ3) is 6.69. The van der Waals surface area contributed by atoms with Crippen molar-refractivity contribution in [3.8, 4) is 0 Å². The molecular formula is C14H22FNO2. The fourth-order valence-corrected chi connectivity index (χ4v) is 1.78. The minimum Gasteiger partial charge on any atom is -0.394 e. The van der Waals surface area contributed by atoms with E-state index >= 15 is 0 Å². The van der Waals surface area contributed by atoms with Gasteiger partial charge in [0.25, 0.3) is 0 Å². The van der Waals surface area contributed by atoms with Crippen molar-refractivity contribution in [3.05, 3.63) is 35.6 Å². The molecule has 0 saturated carbocycles. The predicted molar refractivity (Wildman–Crippen MR) is 70.1 cm³/mol. The van der Waals surface area contributed by atoms with Crippen LogP contribution >= 0.6 is 0 Å². The molecule has 1 aromatic carbocycles. The first-order valence-corrected chi connectivity index (χ1v) is 6.39. The van der Waals surface area contributed by atoms with Gasteiger partial charge in [0.1, 0.15) is 5.82 Å². The Morgan fingerprint density at radius 3 is 2.94 bits per heavy atom. The third-order valence-electron chi connectivity index (χ3n) is 2.62. The molecule has 0 aliphatic carbocycles. The summed E-state index contributed by atoms with van der Waals surface area (Å²) in [4.78, 5) is 0. The van der Waals surface area contributed by atoms with E-state index in [4.69, 9.17) is 9.84 Å². The standard InChI is InChI=1S/C14H22FNO2/c1-12(16-6-3-8-18-9-7-17)10-13-4-2-5-14(15)11-13/h2,4-5,11-12,16-17H,3,6-10H2,1H3. The van der Waals surface area contributed by atoms with Crippen LogP contribution in [-0.2, 0) is 11.2 Å². The summed E-state index contributed by atoms with van der Waals surface area (Å²) >= 11 is 0. The highest BCUT2D eigenvalue weighted by atomic mass is 19.1. The van der Waals surface area contributed by atoms with E-state index in [1.165, 1.54) is 6.07 Å². The maximum absolute atomic E-state index is 13.0. The topological polar surface area (TPSA) is 41.5 Å². The van der Waals surface area contributed by atoms with Gasteiger partial charge in [-0.05, 0) is 44.0 Å². The van der Waals surface area contributed by atoms with Crippen LogP contribution in [0.5, 0.6) is 0 Å². The zero-order valence-electron chi connectivity index (χ0n) is 10.9. The van der Waals surface area contributed by atoms with Crippen LogP contribution < -0.4 is 5.32 Å². The second kappa shape index (κ2) is 9.03. The van der Waals surface area contributed by atoms with Crippen molar-refractivity contribution >= 4 is 0 Å². The van der Waals surface area contributed by atoms with Crippen molar-refractivity contribution in [2.45, 2.75) is 25.8 Å². The average molecular weight is 255 g/mol. The molecule has 4 heteroatoms. The number of hydrogen-bond acceptors (Lipinski definition) is 3. The molecule has 18 heavy (non-hydrogen) atoms. The van der Waals surface area contributed by atoms with Gasteiger partial charge in [0.15, 0.2) is 0 Å². The van der Waals surface area contributed by atoms with Gasteiger partial charge < -0.3 is 15.2 Å². The summed E-state index contributed by atoms with van der Waals surface area (Å²) < 4.78 is 18.1. The van der Waals surface area contributed by atoms with Crippen LogP contribution in [0, 0.1) is 5.82 Å². The van der Waals surface area contributed by atoms with E-state index < -0.39 is 0 Å². The summed E-state index contributed by atoms with van der Waals surface area (Å²) in [6, 6.07) is 7.01. The summed E-state index contributed by atoms with van der Waals surface area (Å²) in [5.41, 5.74) is 1.01. The van der Waals surface area contributed by atoms with Crippen LogP contribution in [0.15, 0.2) is 24.3 Å². The van der Waals surface area contributed by atoms with E-state index in [9.17, 15) is 4.39 Å². The zero-order valence-corrected chi connectivity index (χ0v) is 10.9. The Bertz CT molecular complexity index is 333. The van der Waals surface area contributed by atoms with Crippen molar-refractivity contribution in [2.75, 3.05) is 26.4 Å². The normalized spacial score (nSPS) is 12.6. The van der Waals surface area contributed by atoms with E-state index in [-0.39, 0.29) is 12.4 Å². The van der Waals surface area contributed by atoms with Gasteiger partial charge in [-0.2, -0.15) is 0 Å². The summed E-state index contributed by atoms with van der Waals surface area (Å²) in [7, 11) is 0. The van der Waals surface area contributed by atoms with E-state index in [0.29, 0.717) is 19.3 Å². The number of benzene rings is 1. The van der Waals surface area contributed by atoms with Gasteiger partial charge in [0.2, 0.25) is 0 Å². The maximum atomic E-state index is 13.0. The number of aliphatic hydroxyl groups excluding tert-OH is 1. The van der Waals surface area contributed by atoms with Crippen LogP contribution in [0.1, 0.15) is 18.9 Å². The predicted octanol–water partition coefficient (Wildman–Crippen LogP) is 1.75.